The van der Waals surface area contributed by atoms with E-state index in [-0.39, 0.29) is 24.3 Å². The molecule has 6 nitrogen and oxygen atoms in total. The number of carbonyl (C=O) groups is 2. The first-order valence-corrected chi connectivity index (χ1v) is 9.34. The highest BCUT2D eigenvalue weighted by molar-refractivity contribution is 5.93. The Bertz CT molecular complexity index is 610. The molecule has 1 aliphatic rings. The van der Waals surface area contributed by atoms with Gasteiger partial charge in [0.2, 0.25) is 11.8 Å². The molecule has 1 aromatic rings. The fourth-order valence-corrected chi connectivity index (χ4v) is 3.51. The maximum absolute atomic E-state index is 12.4. The van der Waals surface area contributed by atoms with Crippen LogP contribution in [0.1, 0.15) is 51.9 Å². The molecule has 0 spiro atoms. The molecular formula is C20H30N2O4. The van der Waals surface area contributed by atoms with Crippen LogP contribution in [0.4, 0.5) is 5.69 Å². The number of carbonyl (C=O) groups excluding carboxylic acids is 2. The number of hydrogen-bond acceptors (Lipinski definition) is 4. The number of benzene rings is 1. The number of methoxy groups -OCH3 is 2. The van der Waals surface area contributed by atoms with Gasteiger partial charge >= 0.3 is 0 Å². The molecule has 1 aromatic carbocycles. The molecule has 0 unspecified atom stereocenters. The van der Waals surface area contributed by atoms with Crippen LogP contribution >= 0.6 is 0 Å². The highest BCUT2D eigenvalue weighted by Gasteiger charge is 2.23. The van der Waals surface area contributed by atoms with Crippen LogP contribution < -0.4 is 14.8 Å². The smallest absolute Gasteiger partial charge is 0.226 e. The van der Waals surface area contributed by atoms with Crippen LogP contribution in [-0.2, 0) is 9.59 Å². The third kappa shape index (κ3) is 5.64. The fraction of sp³-hybridized carbons (Fsp3) is 0.600. The van der Waals surface area contributed by atoms with Gasteiger partial charge in [0.15, 0.2) is 0 Å². The summed E-state index contributed by atoms with van der Waals surface area (Å²) in [6, 6.07) is 5.51. The average molecular weight is 362 g/mol. The monoisotopic (exact) mass is 362 g/mol. The van der Waals surface area contributed by atoms with Crippen molar-refractivity contribution in [3.05, 3.63) is 18.2 Å². The van der Waals surface area contributed by atoms with Gasteiger partial charge in [0.25, 0.3) is 0 Å². The summed E-state index contributed by atoms with van der Waals surface area (Å²) in [4.78, 5) is 26.3. The van der Waals surface area contributed by atoms with Gasteiger partial charge in [-0.2, -0.15) is 0 Å². The molecule has 6 heteroatoms. The summed E-state index contributed by atoms with van der Waals surface area (Å²) in [5, 5.41) is 2.86. The molecule has 1 N–H and O–H groups in total. The van der Waals surface area contributed by atoms with Gasteiger partial charge in [-0.3, -0.25) is 9.59 Å². The molecular weight excluding hydrogens is 332 g/mol. The number of ether oxygens (including phenoxy) is 2. The minimum absolute atomic E-state index is 0.0451. The summed E-state index contributed by atoms with van der Waals surface area (Å²) >= 11 is 0. The average Bonchev–Trinajstić information content (AvgIpc) is 2.91. The molecule has 0 aliphatic heterocycles. The van der Waals surface area contributed by atoms with Gasteiger partial charge in [0, 0.05) is 32.0 Å². The first-order valence-electron chi connectivity index (χ1n) is 9.34. The molecule has 0 heterocycles. The predicted molar refractivity (Wildman–Crippen MR) is 102 cm³/mol. The van der Waals surface area contributed by atoms with Gasteiger partial charge in [-0.1, -0.05) is 25.7 Å². The lowest BCUT2D eigenvalue weighted by molar-refractivity contribution is -0.131. The zero-order chi connectivity index (χ0) is 18.9. The fourth-order valence-electron chi connectivity index (χ4n) is 3.51. The Kier molecular flexibility index (Phi) is 7.75. The van der Waals surface area contributed by atoms with Gasteiger partial charge in [-0.15, -0.1) is 0 Å². The summed E-state index contributed by atoms with van der Waals surface area (Å²) < 4.78 is 10.5. The van der Waals surface area contributed by atoms with Crippen molar-refractivity contribution in [1.29, 1.82) is 0 Å². The number of amides is 2. The number of anilines is 1. The summed E-state index contributed by atoms with van der Waals surface area (Å²) in [5.41, 5.74) is 0.570. The first kappa shape index (κ1) is 20.1. The van der Waals surface area contributed by atoms with Crippen molar-refractivity contribution in [3.8, 4) is 11.5 Å². The lowest BCUT2D eigenvalue weighted by Gasteiger charge is -2.30. The number of rotatable bonds is 7. The highest BCUT2D eigenvalue weighted by Crippen LogP contribution is 2.29. The van der Waals surface area contributed by atoms with Crippen LogP contribution in [0.3, 0.4) is 0 Å². The standard InChI is InChI=1S/C20H30N2O4/c1-15(23)22(16-8-6-4-5-7-9-16)13-12-20(24)21-18-14-17(25-2)10-11-19(18)26-3/h10-11,14,16H,4-9,12-13H2,1-3H3,(H,21,24). The van der Waals surface area contributed by atoms with Crippen molar-refractivity contribution in [3.63, 3.8) is 0 Å². The number of nitrogens with one attached hydrogen (secondary N) is 1. The minimum atomic E-state index is -0.142. The van der Waals surface area contributed by atoms with Gasteiger partial charge in [-0.25, -0.2) is 0 Å². The van der Waals surface area contributed by atoms with Crippen LogP contribution in [0.2, 0.25) is 0 Å². The van der Waals surface area contributed by atoms with Crippen molar-refractivity contribution in [2.24, 2.45) is 0 Å². The quantitative estimate of drug-likeness (QED) is 0.753. The van der Waals surface area contributed by atoms with Crippen molar-refractivity contribution >= 4 is 17.5 Å². The molecule has 2 rings (SSSR count). The summed E-state index contributed by atoms with van der Waals surface area (Å²) in [6.07, 6.45) is 7.10. The second-order valence-corrected chi connectivity index (χ2v) is 6.72. The van der Waals surface area contributed by atoms with E-state index in [2.05, 4.69) is 5.32 Å². The number of nitrogens with zero attached hydrogens (tertiary/aromatic N) is 1. The largest absolute Gasteiger partial charge is 0.497 e. The van der Waals surface area contributed by atoms with Crippen molar-refractivity contribution in [1.82, 2.24) is 4.90 Å². The van der Waals surface area contributed by atoms with Gasteiger partial charge in [0.05, 0.1) is 19.9 Å². The topological polar surface area (TPSA) is 67.9 Å². The predicted octanol–water partition coefficient (Wildman–Crippen LogP) is 3.60. The Morgan fingerprint density at radius 3 is 2.38 bits per heavy atom. The molecule has 26 heavy (non-hydrogen) atoms. The molecule has 0 aromatic heterocycles. The van der Waals surface area contributed by atoms with Gasteiger partial charge in [-0.05, 0) is 25.0 Å². The molecule has 0 radical (unpaired) electrons. The lowest BCUT2D eigenvalue weighted by Crippen LogP contribution is -2.40. The molecule has 2 amide bonds. The lowest BCUT2D eigenvalue weighted by atomic mass is 10.1. The normalized spacial score (nSPS) is 15.0. The second kappa shape index (κ2) is 10.0. The Labute approximate surface area is 155 Å². The van der Waals surface area contributed by atoms with E-state index >= 15 is 0 Å². The summed E-state index contributed by atoms with van der Waals surface area (Å²) in [6.45, 7) is 2.03. The van der Waals surface area contributed by atoms with E-state index in [0.29, 0.717) is 23.7 Å². The maximum atomic E-state index is 12.4. The van der Waals surface area contributed by atoms with E-state index < -0.39 is 0 Å². The zero-order valence-corrected chi connectivity index (χ0v) is 16.0. The molecule has 1 aliphatic carbocycles. The zero-order valence-electron chi connectivity index (χ0n) is 16.0. The molecule has 1 saturated carbocycles. The van der Waals surface area contributed by atoms with E-state index in [9.17, 15) is 9.59 Å². The van der Waals surface area contributed by atoms with Crippen LogP contribution in [-0.4, -0.2) is 43.5 Å². The summed E-state index contributed by atoms with van der Waals surface area (Å²) in [7, 11) is 3.13. The Morgan fingerprint density at radius 1 is 1.12 bits per heavy atom. The van der Waals surface area contributed by atoms with Crippen molar-refractivity contribution < 1.29 is 19.1 Å². The van der Waals surface area contributed by atoms with Crippen LogP contribution in [0.15, 0.2) is 18.2 Å². The summed E-state index contributed by atoms with van der Waals surface area (Å²) in [5.74, 6) is 1.12. The molecule has 144 valence electrons. The van der Waals surface area contributed by atoms with Crippen LogP contribution in [0, 0.1) is 0 Å². The van der Waals surface area contributed by atoms with Gasteiger partial charge in [0.1, 0.15) is 11.5 Å². The maximum Gasteiger partial charge on any atom is 0.226 e. The molecule has 1 fully saturated rings. The Morgan fingerprint density at radius 2 is 1.81 bits per heavy atom. The van der Waals surface area contributed by atoms with Crippen LogP contribution in [0.5, 0.6) is 11.5 Å². The molecule has 0 atom stereocenters. The third-order valence-electron chi connectivity index (χ3n) is 4.93. The second-order valence-electron chi connectivity index (χ2n) is 6.72. The van der Waals surface area contributed by atoms with Crippen molar-refractivity contribution in [2.75, 3.05) is 26.1 Å². The molecule has 0 saturated heterocycles. The Balaban J connectivity index is 1.96. The van der Waals surface area contributed by atoms with E-state index in [0.717, 1.165) is 25.7 Å². The van der Waals surface area contributed by atoms with E-state index in [4.69, 9.17) is 9.47 Å². The number of hydrogen-bond donors (Lipinski definition) is 1. The van der Waals surface area contributed by atoms with Crippen LogP contribution in [0.25, 0.3) is 0 Å². The van der Waals surface area contributed by atoms with E-state index in [1.807, 2.05) is 4.90 Å². The van der Waals surface area contributed by atoms with E-state index in [1.165, 1.54) is 12.8 Å². The highest BCUT2D eigenvalue weighted by atomic mass is 16.5. The molecule has 0 bridgehead atoms. The van der Waals surface area contributed by atoms with Crippen molar-refractivity contribution in [2.45, 2.75) is 57.9 Å². The minimum Gasteiger partial charge on any atom is -0.497 e. The Hall–Kier alpha value is -2.24. The van der Waals surface area contributed by atoms with Gasteiger partial charge < -0.3 is 19.7 Å². The first-order chi connectivity index (χ1) is 12.5. The SMILES string of the molecule is COc1ccc(OC)c(NC(=O)CCN(C(C)=O)C2CCCCCC2)c1. The third-order valence-corrected chi connectivity index (χ3v) is 4.93. The van der Waals surface area contributed by atoms with E-state index in [1.54, 1.807) is 39.3 Å².